The summed E-state index contributed by atoms with van der Waals surface area (Å²) in [7, 11) is 1.63. The van der Waals surface area contributed by atoms with E-state index < -0.39 is 0 Å². The molecule has 3 heteroatoms. The van der Waals surface area contributed by atoms with Gasteiger partial charge in [-0.2, -0.15) is 0 Å². The molecule has 0 saturated carbocycles. The van der Waals surface area contributed by atoms with Gasteiger partial charge in [-0.25, -0.2) is 0 Å². The molecule has 11 heavy (non-hydrogen) atoms. The van der Waals surface area contributed by atoms with Crippen LogP contribution in [0.25, 0.3) is 11.0 Å². The number of nitrogens with one attached hydrogen (secondary N) is 1. The third-order valence-electron chi connectivity index (χ3n) is 1.58. The molecule has 0 aliphatic heterocycles. The Balaban J connectivity index is 2.69. The van der Waals surface area contributed by atoms with Gasteiger partial charge in [0, 0.05) is 12.3 Å². The first-order valence-electron chi connectivity index (χ1n) is 3.38. The van der Waals surface area contributed by atoms with Crippen LogP contribution in [-0.2, 0) is 0 Å². The second kappa shape index (κ2) is 2.27. The maximum Gasteiger partial charge on any atom is 0.193 e. The highest BCUT2D eigenvalue weighted by Crippen LogP contribution is 2.16. The highest BCUT2D eigenvalue weighted by Gasteiger charge is 1.98. The summed E-state index contributed by atoms with van der Waals surface area (Å²) in [5, 5.41) is 0. The first-order valence-corrected chi connectivity index (χ1v) is 3.38. The third-order valence-corrected chi connectivity index (χ3v) is 1.58. The number of H-pyrrole nitrogens is 1. The maximum absolute atomic E-state index is 5.00. The molecule has 0 aromatic carbocycles. The van der Waals surface area contributed by atoms with Crippen LogP contribution in [0.1, 0.15) is 0 Å². The molecule has 3 nitrogen and oxygen atoms in total. The summed E-state index contributed by atoms with van der Waals surface area (Å²) in [5.74, 6) is 0.749. The van der Waals surface area contributed by atoms with Crippen molar-refractivity contribution in [3.63, 3.8) is 0 Å². The van der Waals surface area contributed by atoms with Crippen LogP contribution in [0.3, 0.4) is 0 Å². The number of nitrogens with zero attached hydrogens (tertiary/aromatic N) is 1. The zero-order chi connectivity index (χ0) is 7.68. The van der Waals surface area contributed by atoms with Gasteiger partial charge in [0.15, 0.2) is 5.88 Å². The summed E-state index contributed by atoms with van der Waals surface area (Å²) in [5.41, 5.74) is 1.94. The molecule has 0 fully saturated rings. The molecule has 0 atom stereocenters. The van der Waals surface area contributed by atoms with Crippen molar-refractivity contribution in [1.29, 1.82) is 0 Å². The lowest BCUT2D eigenvalue weighted by molar-refractivity contribution is 0.401. The largest absolute Gasteiger partial charge is 0.482 e. The SMILES string of the molecule is COc1cc2ncccc2[nH]1. The Hall–Kier alpha value is -1.51. The molecule has 0 aliphatic carbocycles. The fourth-order valence-corrected chi connectivity index (χ4v) is 1.04. The van der Waals surface area contributed by atoms with E-state index in [1.165, 1.54) is 0 Å². The molecule has 2 rings (SSSR count). The van der Waals surface area contributed by atoms with Crippen molar-refractivity contribution in [2.24, 2.45) is 0 Å². The highest BCUT2D eigenvalue weighted by atomic mass is 16.5. The molecule has 0 saturated heterocycles. The first kappa shape index (κ1) is 6.22. The summed E-state index contributed by atoms with van der Waals surface area (Å²) in [6, 6.07) is 5.72. The Bertz CT molecular complexity index is 334. The van der Waals surface area contributed by atoms with Gasteiger partial charge in [0.1, 0.15) is 0 Å². The van der Waals surface area contributed by atoms with Gasteiger partial charge < -0.3 is 9.72 Å². The van der Waals surface area contributed by atoms with E-state index in [9.17, 15) is 0 Å². The summed E-state index contributed by atoms with van der Waals surface area (Å²) < 4.78 is 5.00. The van der Waals surface area contributed by atoms with Crippen LogP contribution in [0.15, 0.2) is 24.4 Å². The standard InChI is InChI=1S/C8H8N2O/c1-11-8-5-7-6(10-8)3-2-4-9-7/h2-5,10H,1H3. The molecular formula is C8H8N2O. The van der Waals surface area contributed by atoms with E-state index >= 15 is 0 Å². The summed E-state index contributed by atoms with van der Waals surface area (Å²) in [4.78, 5) is 7.20. The Labute approximate surface area is 64.0 Å². The molecule has 0 amide bonds. The van der Waals surface area contributed by atoms with Gasteiger partial charge >= 0.3 is 0 Å². The van der Waals surface area contributed by atoms with Crippen molar-refractivity contribution in [1.82, 2.24) is 9.97 Å². The molecule has 0 aliphatic rings. The third kappa shape index (κ3) is 0.941. The van der Waals surface area contributed by atoms with Gasteiger partial charge in [-0.05, 0) is 12.1 Å². The molecule has 2 aromatic heterocycles. The minimum absolute atomic E-state index is 0.749. The number of hydrogen-bond acceptors (Lipinski definition) is 2. The molecule has 56 valence electrons. The number of ether oxygens (including phenoxy) is 1. The first-order chi connectivity index (χ1) is 5.40. The lowest BCUT2D eigenvalue weighted by Gasteiger charge is -1.88. The number of pyridine rings is 1. The van der Waals surface area contributed by atoms with Crippen molar-refractivity contribution in [3.8, 4) is 5.88 Å². The number of rotatable bonds is 1. The zero-order valence-electron chi connectivity index (χ0n) is 6.16. The van der Waals surface area contributed by atoms with Crippen LogP contribution in [0, 0.1) is 0 Å². The van der Waals surface area contributed by atoms with Crippen LogP contribution in [-0.4, -0.2) is 17.1 Å². The Morgan fingerprint density at radius 2 is 2.45 bits per heavy atom. The number of hydrogen-bond donors (Lipinski definition) is 1. The predicted molar refractivity (Wildman–Crippen MR) is 42.6 cm³/mol. The van der Waals surface area contributed by atoms with E-state index in [0.29, 0.717) is 0 Å². The fraction of sp³-hybridized carbons (Fsp3) is 0.125. The predicted octanol–water partition coefficient (Wildman–Crippen LogP) is 1.57. The van der Waals surface area contributed by atoms with Crippen LogP contribution in [0.5, 0.6) is 5.88 Å². The van der Waals surface area contributed by atoms with Gasteiger partial charge in [-0.1, -0.05) is 0 Å². The number of aromatic amines is 1. The fourth-order valence-electron chi connectivity index (χ4n) is 1.04. The van der Waals surface area contributed by atoms with Crippen LogP contribution in [0.2, 0.25) is 0 Å². The van der Waals surface area contributed by atoms with Gasteiger partial charge in [-0.3, -0.25) is 4.98 Å². The quantitative estimate of drug-likeness (QED) is 0.666. The van der Waals surface area contributed by atoms with E-state index in [4.69, 9.17) is 4.74 Å². The van der Waals surface area contributed by atoms with Gasteiger partial charge in [-0.15, -0.1) is 0 Å². The lowest BCUT2D eigenvalue weighted by Crippen LogP contribution is -1.79. The average Bonchev–Trinajstić information content (AvgIpc) is 2.46. The smallest absolute Gasteiger partial charge is 0.193 e. The average molecular weight is 148 g/mol. The Morgan fingerprint density at radius 3 is 3.18 bits per heavy atom. The molecule has 2 aromatic rings. The number of aromatic nitrogens is 2. The Morgan fingerprint density at radius 1 is 1.55 bits per heavy atom. The second-order valence-electron chi connectivity index (χ2n) is 2.27. The van der Waals surface area contributed by atoms with Gasteiger partial charge in [0.05, 0.1) is 18.1 Å². The van der Waals surface area contributed by atoms with E-state index in [-0.39, 0.29) is 0 Å². The molecular weight excluding hydrogens is 140 g/mol. The van der Waals surface area contributed by atoms with E-state index in [2.05, 4.69) is 9.97 Å². The highest BCUT2D eigenvalue weighted by molar-refractivity contribution is 5.76. The number of fused-ring (bicyclic) bond motifs is 1. The minimum atomic E-state index is 0.749. The van der Waals surface area contributed by atoms with E-state index in [1.807, 2.05) is 18.2 Å². The van der Waals surface area contributed by atoms with E-state index in [0.717, 1.165) is 16.9 Å². The lowest BCUT2D eigenvalue weighted by atomic mass is 10.4. The van der Waals surface area contributed by atoms with Crippen LogP contribution < -0.4 is 4.74 Å². The van der Waals surface area contributed by atoms with Crippen molar-refractivity contribution in [3.05, 3.63) is 24.4 Å². The molecule has 0 radical (unpaired) electrons. The van der Waals surface area contributed by atoms with Crippen molar-refractivity contribution >= 4 is 11.0 Å². The topological polar surface area (TPSA) is 37.9 Å². The summed E-state index contributed by atoms with van der Waals surface area (Å²) in [6.45, 7) is 0. The van der Waals surface area contributed by atoms with E-state index in [1.54, 1.807) is 13.3 Å². The minimum Gasteiger partial charge on any atom is -0.482 e. The van der Waals surface area contributed by atoms with Crippen LogP contribution >= 0.6 is 0 Å². The molecule has 0 spiro atoms. The number of methoxy groups -OCH3 is 1. The van der Waals surface area contributed by atoms with Gasteiger partial charge in [0.2, 0.25) is 0 Å². The molecule has 0 unspecified atom stereocenters. The zero-order valence-corrected chi connectivity index (χ0v) is 6.16. The van der Waals surface area contributed by atoms with Crippen molar-refractivity contribution < 1.29 is 4.74 Å². The normalized spacial score (nSPS) is 10.3. The van der Waals surface area contributed by atoms with Crippen molar-refractivity contribution in [2.45, 2.75) is 0 Å². The maximum atomic E-state index is 5.00. The Kier molecular flexibility index (Phi) is 1.28. The second-order valence-corrected chi connectivity index (χ2v) is 2.27. The van der Waals surface area contributed by atoms with Crippen molar-refractivity contribution in [2.75, 3.05) is 7.11 Å². The van der Waals surface area contributed by atoms with Gasteiger partial charge in [0.25, 0.3) is 0 Å². The summed E-state index contributed by atoms with van der Waals surface area (Å²) >= 11 is 0. The molecule has 0 bridgehead atoms. The summed E-state index contributed by atoms with van der Waals surface area (Å²) in [6.07, 6.45) is 1.76. The monoisotopic (exact) mass is 148 g/mol. The molecule has 1 N–H and O–H groups in total. The molecule has 2 heterocycles. The van der Waals surface area contributed by atoms with Crippen LogP contribution in [0.4, 0.5) is 0 Å².